The van der Waals surface area contributed by atoms with Crippen molar-refractivity contribution in [3.63, 3.8) is 0 Å². The Bertz CT molecular complexity index is 1360. The highest BCUT2D eigenvalue weighted by atomic mass is 16.5. The van der Waals surface area contributed by atoms with Gasteiger partial charge in [0.2, 0.25) is 0 Å². The van der Waals surface area contributed by atoms with E-state index in [4.69, 9.17) is 9.47 Å². The Balaban J connectivity index is 1.66. The lowest BCUT2D eigenvalue weighted by atomic mass is 9.55. The molecule has 0 amide bonds. The standard InChI is InChI=1S/C30H31NO5/c1-29(2)16-25(32)30(27(33)26(29)28(34)36-4)15-23-22-8-6-5-7-20(22)11-14-24(23)31(18-30)17-19-9-12-21(35-3)13-10-19/h5-14,26H,15-18H2,1-4H3. The highest BCUT2D eigenvalue weighted by molar-refractivity contribution is 6.18. The van der Waals surface area contributed by atoms with Gasteiger partial charge < -0.3 is 14.4 Å². The maximum atomic E-state index is 14.2. The van der Waals surface area contributed by atoms with E-state index in [1.165, 1.54) is 7.11 Å². The molecule has 0 bridgehead atoms. The molecule has 1 heterocycles. The Morgan fingerprint density at radius 3 is 2.39 bits per heavy atom. The highest BCUT2D eigenvalue weighted by Crippen LogP contribution is 2.51. The molecule has 0 saturated heterocycles. The summed E-state index contributed by atoms with van der Waals surface area (Å²) in [6, 6.07) is 20.0. The SMILES string of the molecule is COC(=O)C1C(=O)C2(Cc3c(ccc4ccccc34)N(Cc3ccc(OC)cc3)C2)C(=O)CC1(C)C. The van der Waals surface area contributed by atoms with E-state index >= 15 is 0 Å². The number of ketones is 2. The fraction of sp³-hybridized carbons (Fsp3) is 0.367. The molecule has 1 aliphatic carbocycles. The molecule has 3 aromatic carbocycles. The normalized spacial score (nSPS) is 23.0. The first kappa shape index (κ1) is 24.0. The number of carbonyl (C=O) groups excluding carboxylic acids is 3. The number of carbonyl (C=O) groups is 3. The lowest BCUT2D eigenvalue weighted by Gasteiger charge is -2.49. The largest absolute Gasteiger partial charge is 0.497 e. The summed E-state index contributed by atoms with van der Waals surface area (Å²) in [6.07, 6.45) is 0.430. The Labute approximate surface area is 211 Å². The number of ether oxygens (including phenoxy) is 2. The molecule has 1 saturated carbocycles. The number of rotatable bonds is 4. The van der Waals surface area contributed by atoms with Crippen LogP contribution in [0.15, 0.2) is 60.7 Å². The van der Waals surface area contributed by atoms with Crippen molar-refractivity contribution in [1.29, 1.82) is 0 Å². The lowest BCUT2D eigenvalue weighted by Crippen LogP contribution is -2.62. The Kier molecular flexibility index (Phi) is 5.86. The number of hydrogen-bond acceptors (Lipinski definition) is 6. The Morgan fingerprint density at radius 1 is 0.972 bits per heavy atom. The van der Waals surface area contributed by atoms with Crippen molar-refractivity contribution in [3.8, 4) is 5.75 Å². The molecule has 0 aromatic heterocycles. The number of Topliss-reactive ketones (excluding diaryl/α,β-unsaturated/α-hetero) is 2. The third-order valence-electron chi connectivity index (χ3n) is 7.93. The van der Waals surface area contributed by atoms with E-state index in [9.17, 15) is 14.4 Å². The van der Waals surface area contributed by atoms with Crippen LogP contribution in [0.25, 0.3) is 10.8 Å². The number of nitrogens with zero attached hydrogens (tertiary/aromatic N) is 1. The van der Waals surface area contributed by atoms with Gasteiger partial charge in [-0.1, -0.05) is 56.3 Å². The van der Waals surface area contributed by atoms with Crippen molar-refractivity contribution >= 4 is 34.0 Å². The van der Waals surface area contributed by atoms with Crippen molar-refractivity contribution in [2.24, 2.45) is 16.7 Å². The van der Waals surface area contributed by atoms with Gasteiger partial charge in [0.15, 0.2) is 5.78 Å². The van der Waals surface area contributed by atoms with E-state index in [1.807, 2.05) is 48.5 Å². The Hall–Kier alpha value is -3.67. The van der Waals surface area contributed by atoms with Crippen LogP contribution in [0.1, 0.15) is 31.4 Å². The average molecular weight is 486 g/mol. The van der Waals surface area contributed by atoms with Gasteiger partial charge in [-0.15, -0.1) is 0 Å². The van der Waals surface area contributed by atoms with Crippen molar-refractivity contribution < 1.29 is 23.9 Å². The van der Waals surface area contributed by atoms with Crippen molar-refractivity contribution in [2.75, 3.05) is 25.7 Å². The smallest absolute Gasteiger partial charge is 0.316 e. The third kappa shape index (κ3) is 3.76. The van der Waals surface area contributed by atoms with Crippen molar-refractivity contribution in [2.45, 2.75) is 33.2 Å². The van der Waals surface area contributed by atoms with Gasteiger partial charge in [0.25, 0.3) is 0 Å². The average Bonchev–Trinajstić information content (AvgIpc) is 2.87. The molecule has 186 valence electrons. The summed E-state index contributed by atoms with van der Waals surface area (Å²) in [5.74, 6) is -1.22. The van der Waals surface area contributed by atoms with Crippen molar-refractivity contribution in [1.82, 2.24) is 0 Å². The summed E-state index contributed by atoms with van der Waals surface area (Å²) >= 11 is 0. The van der Waals surface area contributed by atoms with Crippen LogP contribution in [-0.2, 0) is 32.1 Å². The molecule has 1 aliphatic heterocycles. The molecule has 36 heavy (non-hydrogen) atoms. The summed E-state index contributed by atoms with van der Waals surface area (Å²) in [6.45, 7) is 4.35. The van der Waals surface area contributed by atoms with Gasteiger partial charge in [-0.05, 0) is 51.9 Å². The highest BCUT2D eigenvalue weighted by Gasteiger charge is 2.61. The van der Waals surface area contributed by atoms with Crippen LogP contribution >= 0.6 is 0 Å². The van der Waals surface area contributed by atoms with E-state index in [0.29, 0.717) is 6.54 Å². The molecule has 1 spiro atoms. The van der Waals surface area contributed by atoms with Gasteiger partial charge in [0.05, 0.1) is 14.2 Å². The van der Waals surface area contributed by atoms with E-state index in [0.717, 1.165) is 33.3 Å². The zero-order valence-corrected chi connectivity index (χ0v) is 21.2. The second-order valence-corrected chi connectivity index (χ2v) is 10.7. The number of methoxy groups -OCH3 is 2. The van der Waals surface area contributed by atoms with Gasteiger partial charge in [-0.3, -0.25) is 14.4 Å². The van der Waals surface area contributed by atoms with E-state index in [-0.39, 0.29) is 31.0 Å². The zero-order chi connectivity index (χ0) is 25.7. The third-order valence-corrected chi connectivity index (χ3v) is 7.93. The number of hydrogen-bond donors (Lipinski definition) is 0. The second kappa shape index (κ2) is 8.77. The van der Waals surface area contributed by atoms with Crippen LogP contribution in [0.2, 0.25) is 0 Å². The van der Waals surface area contributed by atoms with Gasteiger partial charge in [0, 0.05) is 25.2 Å². The fourth-order valence-corrected chi connectivity index (χ4v) is 6.02. The van der Waals surface area contributed by atoms with Crippen LogP contribution in [0.3, 0.4) is 0 Å². The lowest BCUT2D eigenvalue weighted by molar-refractivity contribution is -0.165. The minimum atomic E-state index is -1.31. The summed E-state index contributed by atoms with van der Waals surface area (Å²) in [4.78, 5) is 43.0. The first-order valence-corrected chi connectivity index (χ1v) is 12.2. The molecule has 2 aliphatic rings. The van der Waals surface area contributed by atoms with Gasteiger partial charge in [0.1, 0.15) is 22.9 Å². The van der Waals surface area contributed by atoms with Crippen LogP contribution in [0.5, 0.6) is 5.75 Å². The molecule has 6 nitrogen and oxygen atoms in total. The topological polar surface area (TPSA) is 72.9 Å². The quantitative estimate of drug-likeness (QED) is 0.392. The molecule has 6 heteroatoms. The molecule has 2 atom stereocenters. The molecular weight excluding hydrogens is 454 g/mol. The molecule has 3 aromatic rings. The van der Waals surface area contributed by atoms with Gasteiger partial charge in [-0.25, -0.2) is 0 Å². The molecule has 0 radical (unpaired) electrons. The number of anilines is 1. The predicted octanol–water partition coefficient (Wildman–Crippen LogP) is 4.75. The minimum absolute atomic E-state index is 0.101. The maximum Gasteiger partial charge on any atom is 0.316 e. The van der Waals surface area contributed by atoms with E-state index < -0.39 is 22.7 Å². The number of fused-ring (bicyclic) bond motifs is 3. The van der Waals surface area contributed by atoms with Crippen LogP contribution < -0.4 is 9.64 Å². The van der Waals surface area contributed by atoms with E-state index in [1.54, 1.807) is 21.0 Å². The summed E-state index contributed by atoms with van der Waals surface area (Å²) in [5.41, 5.74) is 0.908. The molecule has 2 unspecified atom stereocenters. The summed E-state index contributed by atoms with van der Waals surface area (Å²) < 4.78 is 10.4. The predicted molar refractivity (Wildman–Crippen MR) is 138 cm³/mol. The fourth-order valence-electron chi connectivity index (χ4n) is 6.02. The number of esters is 1. The maximum absolute atomic E-state index is 14.2. The first-order chi connectivity index (χ1) is 17.2. The first-order valence-electron chi connectivity index (χ1n) is 12.2. The van der Waals surface area contributed by atoms with Crippen LogP contribution in [-0.4, -0.2) is 38.3 Å². The zero-order valence-electron chi connectivity index (χ0n) is 21.2. The van der Waals surface area contributed by atoms with Gasteiger partial charge >= 0.3 is 5.97 Å². The number of benzene rings is 3. The molecular formula is C30H31NO5. The molecule has 0 N–H and O–H groups in total. The monoisotopic (exact) mass is 485 g/mol. The van der Waals surface area contributed by atoms with E-state index in [2.05, 4.69) is 17.0 Å². The minimum Gasteiger partial charge on any atom is -0.497 e. The Morgan fingerprint density at radius 2 is 1.69 bits per heavy atom. The second-order valence-electron chi connectivity index (χ2n) is 10.7. The molecule has 1 fully saturated rings. The summed E-state index contributed by atoms with van der Waals surface area (Å²) in [7, 11) is 2.93. The van der Waals surface area contributed by atoms with Gasteiger partial charge in [-0.2, -0.15) is 0 Å². The van der Waals surface area contributed by atoms with Crippen LogP contribution in [0, 0.1) is 16.7 Å². The van der Waals surface area contributed by atoms with Crippen molar-refractivity contribution in [3.05, 3.63) is 71.8 Å². The molecule has 5 rings (SSSR count). The summed E-state index contributed by atoms with van der Waals surface area (Å²) in [5, 5.41) is 2.08. The van der Waals surface area contributed by atoms with Crippen LogP contribution in [0.4, 0.5) is 5.69 Å².